The Balaban J connectivity index is 2.27. The summed E-state index contributed by atoms with van der Waals surface area (Å²) in [6.45, 7) is 3.57. The molecular formula is C22H22ClN3O3. The molecule has 0 saturated heterocycles. The van der Waals surface area contributed by atoms with Crippen molar-refractivity contribution in [3.05, 3.63) is 69.5 Å². The molecule has 150 valence electrons. The lowest BCUT2D eigenvalue weighted by Gasteiger charge is -2.18. The molecule has 1 heterocycles. The summed E-state index contributed by atoms with van der Waals surface area (Å²) in [4.78, 5) is 25.5. The van der Waals surface area contributed by atoms with E-state index >= 15 is 0 Å². The molecule has 1 aromatic heterocycles. The number of aromatic nitrogens is 2. The number of aryl methyl sites for hydroxylation is 1. The predicted molar refractivity (Wildman–Crippen MR) is 115 cm³/mol. The van der Waals surface area contributed by atoms with Crippen LogP contribution in [0.3, 0.4) is 0 Å². The van der Waals surface area contributed by atoms with Gasteiger partial charge in [-0.3, -0.25) is 9.59 Å². The van der Waals surface area contributed by atoms with Crippen LogP contribution in [0, 0.1) is 6.92 Å². The molecule has 7 heteroatoms. The first kappa shape index (κ1) is 20.6. The average Bonchev–Trinajstić information content (AvgIpc) is 2.72. The van der Waals surface area contributed by atoms with Crippen molar-refractivity contribution in [3.8, 4) is 22.6 Å². The SMILES string of the molecule is CCCC(=O)Nc1c(-c2ccc(OC)cc2)c(=O)c(C)nn1-c1ccc(Cl)cc1. The minimum Gasteiger partial charge on any atom is -0.497 e. The van der Waals surface area contributed by atoms with E-state index in [1.54, 1.807) is 67.2 Å². The maximum Gasteiger partial charge on any atom is 0.225 e. The standard InChI is InChI=1S/C22H22ClN3O3/c1-4-5-19(27)24-22-20(15-6-12-18(29-3)13-7-15)21(28)14(2)25-26(22)17-10-8-16(23)9-11-17/h6-13H,4-5H2,1-3H3,(H,24,27). The van der Waals surface area contributed by atoms with E-state index in [1.807, 2.05) is 6.92 Å². The van der Waals surface area contributed by atoms with Crippen molar-refractivity contribution in [2.24, 2.45) is 0 Å². The van der Waals surface area contributed by atoms with Crippen molar-refractivity contribution >= 4 is 23.3 Å². The quantitative estimate of drug-likeness (QED) is 0.642. The third-order valence-corrected chi connectivity index (χ3v) is 4.69. The first-order valence-electron chi connectivity index (χ1n) is 9.28. The molecule has 0 saturated carbocycles. The zero-order valence-electron chi connectivity index (χ0n) is 16.5. The Hall–Kier alpha value is -3.12. The lowest BCUT2D eigenvalue weighted by Crippen LogP contribution is -2.24. The van der Waals surface area contributed by atoms with Crippen LogP contribution >= 0.6 is 11.6 Å². The molecule has 1 amide bonds. The zero-order valence-corrected chi connectivity index (χ0v) is 17.3. The van der Waals surface area contributed by atoms with Crippen molar-refractivity contribution in [1.29, 1.82) is 0 Å². The fraction of sp³-hybridized carbons (Fsp3) is 0.227. The maximum absolute atomic E-state index is 13.0. The normalized spacial score (nSPS) is 10.6. The Kier molecular flexibility index (Phi) is 6.34. The van der Waals surface area contributed by atoms with Gasteiger partial charge in [0.2, 0.25) is 11.3 Å². The number of hydrogen-bond acceptors (Lipinski definition) is 4. The molecular weight excluding hydrogens is 390 g/mol. The fourth-order valence-electron chi connectivity index (χ4n) is 2.97. The molecule has 3 aromatic rings. The summed E-state index contributed by atoms with van der Waals surface area (Å²) < 4.78 is 6.78. The van der Waals surface area contributed by atoms with Crippen LogP contribution in [0.2, 0.25) is 5.02 Å². The summed E-state index contributed by atoms with van der Waals surface area (Å²) >= 11 is 6.02. The van der Waals surface area contributed by atoms with Gasteiger partial charge in [0.15, 0.2) is 0 Å². The van der Waals surface area contributed by atoms with Gasteiger partial charge in [0.1, 0.15) is 17.3 Å². The molecule has 29 heavy (non-hydrogen) atoms. The Morgan fingerprint density at radius 2 is 1.79 bits per heavy atom. The number of carbonyl (C=O) groups excluding carboxylic acids is 1. The van der Waals surface area contributed by atoms with Gasteiger partial charge in [-0.25, -0.2) is 4.68 Å². The molecule has 0 unspecified atom stereocenters. The molecule has 0 spiro atoms. The summed E-state index contributed by atoms with van der Waals surface area (Å²) in [5, 5.41) is 7.89. The number of methoxy groups -OCH3 is 1. The molecule has 0 aliphatic rings. The van der Waals surface area contributed by atoms with Gasteiger partial charge in [-0.05, 0) is 55.3 Å². The van der Waals surface area contributed by atoms with Crippen LogP contribution in [0.1, 0.15) is 25.5 Å². The number of benzene rings is 2. The highest BCUT2D eigenvalue weighted by Crippen LogP contribution is 2.29. The highest BCUT2D eigenvalue weighted by Gasteiger charge is 2.20. The second-order valence-electron chi connectivity index (χ2n) is 6.55. The van der Waals surface area contributed by atoms with Crippen LogP contribution in [0.5, 0.6) is 5.75 Å². The van der Waals surface area contributed by atoms with Gasteiger partial charge < -0.3 is 10.1 Å². The molecule has 0 aliphatic carbocycles. The van der Waals surface area contributed by atoms with Crippen LogP contribution in [0.25, 0.3) is 16.8 Å². The van der Waals surface area contributed by atoms with E-state index < -0.39 is 0 Å². The van der Waals surface area contributed by atoms with Gasteiger partial charge in [0.05, 0.1) is 18.4 Å². The number of hydrogen-bond donors (Lipinski definition) is 1. The minimum absolute atomic E-state index is 0.185. The highest BCUT2D eigenvalue weighted by atomic mass is 35.5. The number of rotatable bonds is 6. The number of nitrogens with zero attached hydrogens (tertiary/aromatic N) is 2. The van der Waals surface area contributed by atoms with Crippen molar-refractivity contribution in [3.63, 3.8) is 0 Å². The van der Waals surface area contributed by atoms with Crippen LogP contribution in [-0.4, -0.2) is 22.8 Å². The summed E-state index contributed by atoms with van der Waals surface area (Å²) in [5.74, 6) is 0.815. The Bertz CT molecular complexity index is 1070. The van der Waals surface area contributed by atoms with E-state index in [9.17, 15) is 9.59 Å². The van der Waals surface area contributed by atoms with Gasteiger partial charge in [0, 0.05) is 11.4 Å². The molecule has 0 radical (unpaired) electrons. The van der Waals surface area contributed by atoms with Crippen molar-refractivity contribution in [2.75, 3.05) is 12.4 Å². The summed E-state index contributed by atoms with van der Waals surface area (Å²) in [5.41, 5.74) is 1.79. The van der Waals surface area contributed by atoms with Crippen LogP contribution < -0.4 is 15.5 Å². The molecule has 0 bridgehead atoms. The van der Waals surface area contributed by atoms with E-state index in [2.05, 4.69) is 10.4 Å². The van der Waals surface area contributed by atoms with Crippen molar-refractivity contribution < 1.29 is 9.53 Å². The van der Waals surface area contributed by atoms with E-state index in [4.69, 9.17) is 16.3 Å². The van der Waals surface area contributed by atoms with Crippen molar-refractivity contribution in [2.45, 2.75) is 26.7 Å². The van der Waals surface area contributed by atoms with E-state index in [0.717, 1.165) is 0 Å². The van der Waals surface area contributed by atoms with Gasteiger partial charge >= 0.3 is 0 Å². The number of nitrogens with one attached hydrogen (secondary N) is 1. The average molecular weight is 412 g/mol. The Morgan fingerprint density at radius 3 is 2.38 bits per heavy atom. The molecule has 0 aliphatic heterocycles. The lowest BCUT2D eigenvalue weighted by molar-refractivity contribution is -0.116. The summed E-state index contributed by atoms with van der Waals surface area (Å²) in [7, 11) is 1.58. The molecule has 3 rings (SSSR count). The zero-order chi connectivity index (χ0) is 21.0. The van der Waals surface area contributed by atoms with Gasteiger partial charge in [-0.1, -0.05) is 30.7 Å². The van der Waals surface area contributed by atoms with E-state index in [-0.39, 0.29) is 11.3 Å². The third kappa shape index (κ3) is 4.49. The number of halogens is 1. The topological polar surface area (TPSA) is 73.2 Å². The van der Waals surface area contributed by atoms with Crippen molar-refractivity contribution in [1.82, 2.24) is 9.78 Å². The summed E-state index contributed by atoms with van der Waals surface area (Å²) in [6, 6.07) is 14.2. The molecule has 6 nitrogen and oxygen atoms in total. The van der Waals surface area contributed by atoms with Crippen LogP contribution in [0.4, 0.5) is 5.82 Å². The van der Waals surface area contributed by atoms with E-state index in [1.165, 1.54) is 0 Å². The minimum atomic E-state index is -0.243. The van der Waals surface area contributed by atoms with Gasteiger partial charge in [-0.15, -0.1) is 0 Å². The fourth-order valence-corrected chi connectivity index (χ4v) is 3.10. The number of carbonyl (C=O) groups is 1. The first-order chi connectivity index (χ1) is 13.9. The maximum atomic E-state index is 13.0. The number of anilines is 1. The Morgan fingerprint density at radius 1 is 1.14 bits per heavy atom. The number of ether oxygens (including phenoxy) is 1. The lowest BCUT2D eigenvalue weighted by atomic mass is 10.0. The van der Waals surface area contributed by atoms with Crippen LogP contribution in [0.15, 0.2) is 53.3 Å². The molecule has 1 N–H and O–H groups in total. The monoisotopic (exact) mass is 411 g/mol. The van der Waals surface area contributed by atoms with E-state index in [0.29, 0.717) is 51.9 Å². The van der Waals surface area contributed by atoms with Gasteiger partial charge in [0.25, 0.3) is 0 Å². The van der Waals surface area contributed by atoms with Crippen LogP contribution in [-0.2, 0) is 4.79 Å². The molecule has 2 aromatic carbocycles. The Labute approximate surface area is 174 Å². The second-order valence-corrected chi connectivity index (χ2v) is 6.99. The predicted octanol–water partition coefficient (Wildman–Crippen LogP) is 4.61. The summed E-state index contributed by atoms with van der Waals surface area (Å²) in [6.07, 6.45) is 1.03. The molecule has 0 fully saturated rings. The third-order valence-electron chi connectivity index (χ3n) is 4.44. The second kappa shape index (κ2) is 8.92. The smallest absolute Gasteiger partial charge is 0.225 e. The number of amides is 1. The molecule has 0 atom stereocenters. The highest BCUT2D eigenvalue weighted by molar-refractivity contribution is 6.30. The largest absolute Gasteiger partial charge is 0.497 e. The van der Waals surface area contributed by atoms with Gasteiger partial charge in [-0.2, -0.15) is 5.10 Å². The first-order valence-corrected chi connectivity index (χ1v) is 9.66.